The molecule has 4 rings (SSSR count). The van der Waals surface area contributed by atoms with Crippen molar-refractivity contribution in [3.05, 3.63) is 88.5 Å². The lowest BCUT2D eigenvalue weighted by Gasteiger charge is -2.23. The molecule has 0 bridgehead atoms. The van der Waals surface area contributed by atoms with Gasteiger partial charge >= 0.3 is 0 Å². The quantitative estimate of drug-likeness (QED) is 0.581. The van der Waals surface area contributed by atoms with Crippen LogP contribution in [0.5, 0.6) is 0 Å². The smallest absolute Gasteiger partial charge is 0.262 e. The Labute approximate surface area is 190 Å². The summed E-state index contributed by atoms with van der Waals surface area (Å²) < 4.78 is 28.7. The molecule has 0 saturated carbocycles. The Morgan fingerprint density at radius 3 is 2.25 bits per heavy atom. The van der Waals surface area contributed by atoms with Gasteiger partial charge < -0.3 is 4.90 Å². The minimum Gasteiger partial charge on any atom is -0.308 e. The largest absolute Gasteiger partial charge is 0.308 e. The molecule has 166 valence electrons. The summed E-state index contributed by atoms with van der Waals surface area (Å²) in [7, 11) is -3.74. The molecule has 6 heteroatoms. The number of hydrogen-bond donors (Lipinski definition) is 1. The molecule has 0 spiro atoms. The predicted octanol–water partition coefficient (Wildman–Crippen LogP) is 5.40. The number of para-hydroxylation sites is 1. The van der Waals surface area contributed by atoms with Crippen LogP contribution in [-0.4, -0.2) is 20.9 Å². The molecule has 0 unspecified atom stereocenters. The highest BCUT2D eigenvalue weighted by molar-refractivity contribution is 7.92. The Morgan fingerprint density at radius 1 is 0.906 bits per heavy atom. The molecule has 3 aromatic rings. The lowest BCUT2D eigenvalue weighted by Crippen LogP contribution is -2.31. The fourth-order valence-corrected chi connectivity index (χ4v) is 6.05. The van der Waals surface area contributed by atoms with Crippen LogP contribution in [0.15, 0.2) is 65.6 Å². The number of benzene rings is 3. The highest BCUT2D eigenvalue weighted by atomic mass is 32.2. The van der Waals surface area contributed by atoms with E-state index in [1.807, 2.05) is 42.2 Å². The van der Waals surface area contributed by atoms with Crippen molar-refractivity contribution in [1.82, 2.24) is 0 Å². The van der Waals surface area contributed by atoms with E-state index in [0.717, 1.165) is 30.5 Å². The molecule has 0 atom stereocenters. The molecule has 1 N–H and O–H groups in total. The van der Waals surface area contributed by atoms with E-state index in [4.69, 9.17) is 0 Å². The normalized spacial score (nSPS) is 13.9. The number of amides is 1. The third kappa shape index (κ3) is 4.41. The third-order valence-corrected chi connectivity index (χ3v) is 7.55. The molecule has 32 heavy (non-hydrogen) atoms. The maximum Gasteiger partial charge on any atom is 0.262 e. The Bertz CT molecular complexity index is 1240. The Morgan fingerprint density at radius 2 is 1.56 bits per heavy atom. The Hall–Kier alpha value is -3.12. The zero-order chi connectivity index (χ0) is 22.9. The first-order chi connectivity index (χ1) is 15.3. The van der Waals surface area contributed by atoms with Crippen LogP contribution in [0.4, 0.5) is 11.4 Å². The molecule has 1 aliphatic rings. The van der Waals surface area contributed by atoms with Crippen molar-refractivity contribution in [3.63, 3.8) is 0 Å². The number of anilines is 2. The van der Waals surface area contributed by atoms with E-state index in [9.17, 15) is 13.2 Å². The summed E-state index contributed by atoms with van der Waals surface area (Å²) in [5.74, 6) is -0.0704. The summed E-state index contributed by atoms with van der Waals surface area (Å²) in [6, 6.07) is 18.4. The van der Waals surface area contributed by atoms with Gasteiger partial charge in [-0.1, -0.05) is 35.9 Å². The van der Waals surface area contributed by atoms with Crippen molar-refractivity contribution in [3.8, 4) is 0 Å². The molecule has 1 aliphatic heterocycles. The van der Waals surface area contributed by atoms with Crippen LogP contribution in [0.25, 0.3) is 0 Å². The zero-order valence-electron chi connectivity index (χ0n) is 18.7. The fourth-order valence-electron chi connectivity index (χ4n) is 4.54. The van der Waals surface area contributed by atoms with E-state index in [0.29, 0.717) is 33.8 Å². The highest BCUT2D eigenvalue weighted by Gasteiger charge is 2.23. The van der Waals surface area contributed by atoms with E-state index in [-0.39, 0.29) is 5.91 Å². The van der Waals surface area contributed by atoms with Crippen molar-refractivity contribution < 1.29 is 13.2 Å². The van der Waals surface area contributed by atoms with E-state index in [2.05, 4.69) is 10.8 Å². The summed E-state index contributed by atoms with van der Waals surface area (Å²) in [5.41, 5.74) is 5.56. The van der Waals surface area contributed by atoms with Crippen LogP contribution in [0.3, 0.4) is 0 Å². The number of rotatable bonds is 4. The van der Waals surface area contributed by atoms with Crippen molar-refractivity contribution in [2.75, 3.05) is 16.2 Å². The Balaban J connectivity index is 1.57. The lowest BCUT2D eigenvalue weighted by atomic mass is 10.1. The van der Waals surface area contributed by atoms with Gasteiger partial charge in [-0.05, 0) is 87.1 Å². The van der Waals surface area contributed by atoms with Gasteiger partial charge in [0.15, 0.2) is 0 Å². The van der Waals surface area contributed by atoms with Crippen LogP contribution in [0.1, 0.15) is 45.5 Å². The minimum absolute atomic E-state index is 0.0704. The number of carbonyl (C=O) groups is 1. The van der Waals surface area contributed by atoms with Crippen molar-refractivity contribution >= 4 is 27.3 Å². The van der Waals surface area contributed by atoms with E-state index in [1.54, 1.807) is 38.1 Å². The second kappa shape index (κ2) is 8.79. The van der Waals surface area contributed by atoms with Gasteiger partial charge in [-0.2, -0.15) is 0 Å². The first-order valence-electron chi connectivity index (χ1n) is 10.9. The standard InChI is InChI=1S/C26H28N2O3S/c1-18-16-19(2)25(20(3)17-18)32(30,31)27-23-13-11-22(12-14-23)26(29)28-15-7-6-9-21-8-4-5-10-24(21)28/h4-5,8,10-14,16-17,27H,6-7,9,15H2,1-3H3. The van der Waals surface area contributed by atoms with Gasteiger partial charge in [-0.15, -0.1) is 0 Å². The van der Waals surface area contributed by atoms with Gasteiger partial charge in [-0.25, -0.2) is 8.42 Å². The average molecular weight is 449 g/mol. The number of hydrogen-bond acceptors (Lipinski definition) is 3. The summed E-state index contributed by atoms with van der Waals surface area (Å²) in [6.07, 6.45) is 2.98. The number of aryl methyl sites for hydroxylation is 4. The minimum atomic E-state index is -3.74. The molecular weight excluding hydrogens is 420 g/mol. The molecule has 0 aromatic heterocycles. The van der Waals surface area contributed by atoms with Gasteiger partial charge in [0.05, 0.1) is 4.90 Å². The molecule has 0 fully saturated rings. The Kier molecular flexibility index (Phi) is 6.07. The molecule has 1 heterocycles. The fraction of sp³-hybridized carbons (Fsp3) is 0.269. The molecule has 1 amide bonds. The zero-order valence-corrected chi connectivity index (χ0v) is 19.5. The topological polar surface area (TPSA) is 66.5 Å². The number of nitrogens with zero attached hydrogens (tertiary/aromatic N) is 1. The van der Waals surface area contributed by atoms with Gasteiger partial charge in [0.1, 0.15) is 0 Å². The SMILES string of the molecule is Cc1cc(C)c(S(=O)(=O)Nc2ccc(C(=O)N3CCCCc4ccccc43)cc2)c(C)c1. The maximum absolute atomic E-state index is 13.2. The second-order valence-electron chi connectivity index (χ2n) is 8.45. The van der Waals surface area contributed by atoms with Crippen LogP contribution >= 0.6 is 0 Å². The lowest BCUT2D eigenvalue weighted by molar-refractivity contribution is 0.0987. The maximum atomic E-state index is 13.2. The summed E-state index contributed by atoms with van der Waals surface area (Å²) >= 11 is 0. The van der Waals surface area contributed by atoms with Crippen molar-refractivity contribution in [1.29, 1.82) is 0 Å². The van der Waals surface area contributed by atoms with E-state index < -0.39 is 10.0 Å². The van der Waals surface area contributed by atoms with Gasteiger partial charge in [0, 0.05) is 23.5 Å². The average Bonchev–Trinajstić information content (AvgIpc) is 2.95. The third-order valence-electron chi connectivity index (χ3n) is 5.86. The number of nitrogens with one attached hydrogen (secondary N) is 1. The molecule has 5 nitrogen and oxygen atoms in total. The van der Waals surface area contributed by atoms with Gasteiger partial charge in [-0.3, -0.25) is 9.52 Å². The second-order valence-corrected chi connectivity index (χ2v) is 10.1. The van der Waals surface area contributed by atoms with Crippen LogP contribution < -0.4 is 9.62 Å². The molecule has 0 aliphatic carbocycles. The van der Waals surface area contributed by atoms with Crippen molar-refractivity contribution in [2.45, 2.75) is 44.9 Å². The van der Waals surface area contributed by atoms with Crippen LogP contribution in [-0.2, 0) is 16.4 Å². The summed E-state index contributed by atoms with van der Waals surface area (Å²) in [5, 5.41) is 0. The van der Waals surface area contributed by atoms with E-state index >= 15 is 0 Å². The first kappa shape index (κ1) is 22.1. The molecule has 0 saturated heterocycles. The van der Waals surface area contributed by atoms with Crippen molar-refractivity contribution in [2.24, 2.45) is 0 Å². The number of sulfonamides is 1. The van der Waals surface area contributed by atoms with E-state index in [1.165, 1.54) is 5.56 Å². The molecular formula is C26H28N2O3S. The number of fused-ring (bicyclic) bond motifs is 1. The first-order valence-corrected chi connectivity index (χ1v) is 12.3. The summed E-state index contributed by atoms with van der Waals surface area (Å²) in [6.45, 7) is 6.23. The highest BCUT2D eigenvalue weighted by Crippen LogP contribution is 2.28. The van der Waals surface area contributed by atoms with Crippen LogP contribution in [0.2, 0.25) is 0 Å². The monoisotopic (exact) mass is 448 g/mol. The van der Waals surface area contributed by atoms with Crippen LogP contribution in [0, 0.1) is 20.8 Å². The van der Waals surface area contributed by atoms with Gasteiger partial charge in [0.2, 0.25) is 0 Å². The van der Waals surface area contributed by atoms with Gasteiger partial charge in [0.25, 0.3) is 15.9 Å². The molecule has 0 radical (unpaired) electrons. The molecule has 3 aromatic carbocycles. The predicted molar refractivity (Wildman–Crippen MR) is 129 cm³/mol. The summed E-state index contributed by atoms with van der Waals surface area (Å²) in [4.78, 5) is 15.4. The number of carbonyl (C=O) groups excluding carboxylic acids is 1.